The van der Waals surface area contributed by atoms with Gasteiger partial charge in [-0.05, 0) is 64.3 Å². The van der Waals surface area contributed by atoms with Crippen LogP contribution in [0.15, 0.2) is 35.9 Å². The maximum atomic E-state index is 6.23. The molecule has 0 fully saturated rings. The number of ether oxygens (including phenoxy) is 2. The van der Waals surface area contributed by atoms with Gasteiger partial charge in [-0.25, -0.2) is 0 Å². The zero-order chi connectivity index (χ0) is 14.8. The fraction of sp³-hybridized carbons (Fsp3) is 0.444. The van der Waals surface area contributed by atoms with Gasteiger partial charge in [0.25, 0.3) is 0 Å². The molecule has 0 aliphatic carbocycles. The zero-order valence-electron chi connectivity index (χ0n) is 13.1. The van der Waals surface area contributed by atoms with E-state index < -0.39 is 0 Å². The van der Waals surface area contributed by atoms with E-state index in [1.807, 2.05) is 0 Å². The molecular weight excluding hydrogens is 248 g/mol. The van der Waals surface area contributed by atoms with Crippen molar-refractivity contribution in [1.29, 1.82) is 0 Å². The summed E-state index contributed by atoms with van der Waals surface area (Å²) in [5, 5.41) is 0. The van der Waals surface area contributed by atoms with Crippen LogP contribution in [-0.2, 0) is 6.42 Å². The second kappa shape index (κ2) is 5.74. The molecule has 1 aliphatic rings. The Hall–Kier alpha value is -1.70. The van der Waals surface area contributed by atoms with Crippen molar-refractivity contribution in [3.05, 3.63) is 47.1 Å². The van der Waals surface area contributed by atoms with Gasteiger partial charge >= 0.3 is 0 Å². The average Bonchev–Trinajstić information content (AvgIpc) is 2.36. The topological polar surface area (TPSA) is 18.5 Å². The summed E-state index contributed by atoms with van der Waals surface area (Å²) in [5.41, 5.74) is 3.40. The number of allylic oxidation sites excluding steroid dienone is 3. The van der Waals surface area contributed by atoms with Crippen molar-refractivity contribution in [2.24, 2.45) is 0 Å². The lowest BCUT2D eigenvalue weighted by molar-refractivity contribution is 0.113. The van der Waals surface area contributed by atoms with Crippen LogP contribution in [0.1, 0.15) is 38.3 Å². The molecule has 0 N–H and O–H groups in total. The molecule has 20 heavy (non-hydrogen) atoms. The molecule has 1 aromatic carbocycles. The van der Waals surface area contributed by atoms with Crippen molar-refractivity contribution in [3.8, 4) is 11.5 Å². The molecule has 108 valence electrons. The standard InChI is InChI=1S/C18H24O2/c1-13(2)7-6-9-18(4)10-8-15-16(19-5)11-14(3)12-17(15)20-18/h6-7,9,11-12H,8,10H2,1-5H3/b9-6+/t18-/m0/s1. The summed E-state index contributed by atoms with van der Waals surface area (Å²) < 4.78 is 11.7. The van der Waals surface area contributed by atoms with Crippen LogP contribution in [0.5, 0.6) is 11.5 Å². The van der Waals surface area contributed by atoms with E-state index in [0.29, 0.717) is 0 Å². The number of hydrogen-bond donors (Lipinski definition) is 0. The van der Waals surface area contributed by atoms with Crippen LogP contribution in [-0.4, -0.2) is 12.7 Å². The van der Waals surface area contributed by atoms with Gasteiger partial charge in [0.1, 0.15) is 17.1 Å². The first-order valence-electron chi connectivity index (χ1n) is 7.13. The minimum Gasteiger partial charge on any atom is -0.496 e. The van der Waals surface area contributed by atoms with E-state index in [2.05, 4.69) is 58.1 Å². The van der Waals surface area contributed by atoms with E-state index in [1.54, 1.807) is 7.11 Å². The first kappa shape index (κ1) is 14.7. The third kappa shape index (κ3) is 3.24. The van der Waals surface area contributed by atoms with E-state index in [4.69, 9.17) is 9.47 Å². The van der Waals surface area contributed by atoms with Gasteiger partial charge in [0.2, 0.25) is 0 Å². The largest absolute Gasteiger partial charge is 0.496 e. The lowest BCUT2D eigenvalue weighted by Gasteiger charge is -2.34. The Morgan fingerprint density at radius 1 is 1.35 bits per heavy atom. The molecule has 1 aliphatic heterocycles. The van der Waals surface area contributed by atoms with Crippen LogP contribution < -0.4 is 9.47 Å². The fourth-order valence-electron chi connectivity index (χ4n) is 2.51. The van der Waals surface area contributed by atoms with E-state index in [-0.39, 0.29) is 5.60 Å². The third-order valence-corrected chi connectivity index (χ3v) is 3.63. The maximum absolute atomic E-state index is 6.23. The van der Waals surface area contributed by atoms with Gasteiger partial charge in [-0.2, -0.15) is 0 Å². The van der Waals surface area contributed by atoms with Crippen LogP contribution in [0.3, 0.4) is 0 Å². The summed E-state index contributed by atoms with van der Waals surface area (Å²) >= 11 is 0. The van der Waals surface area contributed by atoms with E-state index in [9.17, 15) is 0 Å². The molecule has 0 amide bonds. The molecule has 1 heterocycles. The van der Waals surface area contributed by atoms with Gasteiger partial charge in [-0.15, -0.1) is 0 Å². The van der Waals surface area contributed by atoms with Crippen LogP contribution in [0.2, 0.25) is 0 Å². The second-order valence-electron chi connectivity index (χ2n) is 5.96. The molecule has 2 heteroatoms. The summed E-state index contributed by atoms with van der Waals surface area (Å²) in [6.07, 6.45) is 8.30. The number of benzene rings is 1. The molecule has 0 aromatic heterocycles. The van der Waals surface area contributed by atoms with Crippen molar-refractivity contribution < 1.29 is 9.47 Å². The highest BCUT2D eigenvalue weighted by molar-refractivity contribution is 5.49. The number of rotatable bonds is 3. The highest BCUT2D eigenvalue weighted by atomic mass is 16.5. The zero-order valence-corrected chi connectivity index (χ0v) is 13.1. The fourth-order valence-corrected chi connectivity index (χ4v) is 2.51. The molecule has 0 spiro atoms. The van der Waals surface area contributed by atoms with Gasteiger partial charge in [0.05, 0.1) is 7.11 Å². The molecule has 0 saturated carbocycles. The molecule has 2 rings (SSSR count). The number of fused-ring (bicyclic) bond motifs is 1. The minimum atomic E-state index is -0.238. The normalized spacial score (nSPS) is 21.2. The molecule has 1 aromatic rings. The van der Waals surface area contributed by atoms with Gasteiger partial charge in [-0.3, -0.25) is 0 Å². The molecule has 0 saturated heterocycles. The summed E-state index contributed by atoms with van der Waals surface area (Å²) in [4.78, 5) is 0. The van der Waals surface area contributed by atoms with Gasteiger partial charge < -0.3 is 9.47 Å². The first-order valence-corrected chi connectivity index (χ1v) is 7.13. The molecule has 0 unspecified atom stereocenters. The Kier molecular flexibility index (Phi) is 4.22. The monoisotopic (exact) mass is 272 g/mol. The predicted octanol–water partition coefficient (Wildman–Crippen LogP) is 4.61. The Morgan fingerprint density at radius 2 is 2.10 bits per heavy atom. The predicted molar refractivity (Wildman–Crippen MR) is 83.7 cm³/mol. The molecular formula is C18H24O2. The molecule has 2 nitrogen and oxygen atoms in total. The average molecular weight is 272 g/mol. The number of methoxy groups -OCH3 is 1. The van der Waals surface area contributed by atoms with Crippen LogP contribution >= 0.6 is 0 Å². The first-order chi connectivity index (χ1) is 9.43. The van der Waals surface area contributed by atoms with Crippen molar-refractivity contribution in [1.82, 2.24) is 0 Å². The van der Waals surface area contributed by atoms with E-state index >= 15 is 0 Å². The quantitative estimate of drug-likeness (QED) is 0.748. The lowest BCUT2D eigenvalue weighted by Crippen LogP contribution is -2.34. The smallest absolute Gasteiger partial charge is 0.127 e. The van der Waals surface area contributed by atoms with Crippen molar-refractivity contribution in [3.63, 3.8) is 0 Å². The van der Waals surface area contributed by atoms with Crippen molar-refractivity contribution >= 4 is 0 Å². The second-order valence-corrected chi connectivity index (χ2v) is 5.96. The Morgan fingerprint density at radius 3 is 2.75 bits per heavy atom. The third-order valence-electron chi connectivity index (χ3n) is 3.63. The van der Waals surface area contributed by atoms with E-state index in [1.165, 1.54) is 11.1 Å². The Balaban J connectivity index is 2.28. The SMILES string of the molecule is COc1cc(C)cc2c1CC[C@](C)(/C=C/C=C(C)C)O2. The summed E-state index contributed by atoms with van der Waals surface area (Å²) in [5.74, 6) is 1.90. The van der Waals surface area contributed by atoms with E-state index in [0.717, 1.165) is 29.9 Å². The maximum Gasteiger partial charge on any atom is 0.127 e. The minimum absolute atomic E-state index is 0.238. The van der Waals surface area contributed by atoms with Gasteiger partial charge in [0.15, 0.2) is 0 Å². The van der Waals surface area contributed by atoms with Crippen LogP contribution in [0.25, 0.3) is 0 Å². The Bertz CT molecular complexity index is 551. The van der Waals surface area contributed by atoms with Crippen molar-refractivity contribution in [2.45, 2.75) is 46.1 Å². The number of hydrogen-bond acceptors (Lipinski definition) is 2. The Labute approximate surface area is 122 Å². The highest BCUT2D eigenvalue weighted by Gasteiger charge is 2.30. The van der Waals surface area contributed by atoms with Gasteiger partial charge in [-0.1, -0.05) is 17.7 Å². The highest BCUT2D eigenvalue weighted by Crippen LogP contribution is 2.39. The van der Waals surface area contributed by atoms with Gasteiger partial charge in [0, 0.05) is 5.56 Å². The molecule has 0 bridgehead atoms. The van der Waals surface area contributed by atoms with Crippen LogP contribution in [0.4, 0.5) is 0 Å². The summed E-state index contributed by atoms with van der Waals surface area (Å²) in [6.45, 7) is 8.40. The summed E-state index contributed by atoms with van der Waals surface area (Å²) in [7, 11) is 1.72. The number of aryl methyl sites for hydroxylation is 1. The molecule has 0 radical (unpaired) electrons. The summed E-state index contributed by atoms with van der Waals surface area (Å²) in [6, 6.07) is 4.17. The van der Waals surface area contributed by atoms with Crippen LogP contribution in [0, 0.1) is 6.92 Å². The lowest BCUT2D eigenvalue weighted by atomic mass is 9.91. The molecule has 1 atom stereocenters. The van der Waals surface area contributed by atoms with Crippen molar-refractivity contribution in [2.75, 3.05) is 7.11 Å².